The molecule has 0 amide bonds. The van der Waals surface area contributed by atoms with E-state index < -0.39 is 0 Å². The third-order valence-corrected chi connectivity index (χ3v) is 7.43. The highest BCUT2D eigenvalue weighted by molar-refractivity contribution is 4.61. The lowest BCUT2D eigenvalue weighted by atomic mass is 9.97. The Morgan fingerprint density at radius 1 is 0.312 bits per heavy atom. The van der Waals surface area contributed by atoms with Gasteiger partial charge in [0.2, 0.25) is 0 Å². The Morgan fingerprint density at radius 2 is 0.531 bits per heavy atom. The average molecular weight is 450 g/mol. The maximum Gasteiger partial charge on any atom is -0.0414 e. The summed E-state index contributed by atoms with van der Waals surface area (Å²) >= 11 is 0. The van der Waals surface area contributed by atoms with E-state index in [-0.39, 0.29) is 0 Å². The summed E-state index contributed by atoms with van der Waals surface area (Å²) in [6.45, 7) is 8.89. The molecule has 1 unspecified atom stereocenters. The predicted molar refractivity (Wildman–Crippen MR) is 149 cm³/mol. The summed E-state index contributed by atoms with van der Waals surface area (Å²) in [7, 11) is 0. The highest BCUT2D eigenvalue weighted by atomic mass is 14.1. The van der Waals surface area contributed by atoms with Gasteiger partial charge < -0.3 is 0 Å². The van der Waals surface area contributed by atoms with Gasteiger partial charge in [-0.3, -0.25) is 0 Å². The molecule has 1 radical (unpaired) electrons. The highest BCUT2D eigenvalue weighted by Gasteiger charge is 2.01. The van der Waals surface area contributed by atoms with Crippen LogP contribution in [0.5, 0.6) is 0 Å². The molecule has 0 bridgehead atoms. The summed E-state index contributed by atoms with van der Waals surface area (Å²) in [4.78, 5) is 0. The molecule has 0 aliphatic rings. The van der Waals surface area contributed by atoms with E-state index in [0.29, 0.717) is 0 Å². The monoisotopic (exact) mass is 450 g/mol. The first-order valence-corrected chi connectivity index (χ1v) is 15.6. The molecule has 0 nitrogen and oxygen atoms in total. The van der Waals surface area contributed by atoms with Crippen LogP contribution in [0.2, 0.25) is 0 Å². The number of hydrogen-bond acceptors (Lipinski definition) is 0. The number of rotatable bonds is 28. The first kappa shape index (κ1) is 32.0. The second-order valence-electron chi connectivity index (χ2n) is 10.9. The lowest BCUT2D eigenvalue weighted by molar-refractivity contribution is 0.472. The van der Waals surface area contributed by atoms with Crippen LogP contribution in [0.3, 0.4) is 0 Å². The van der Waals surface area contributed by atoms with Crippen LogP contribution < -0.4 is 0 Å². The quantitative estimate of drug-likeness (QED) is 0.104. The zero-order chi connectivity index (χ0) is 23.4. The minimum Gasteiger partial charge on any atom is -0.0654 e. The summed E-state index contributed by atoms with van der Waals surface area (Å²) < 4.78 is 0. The van der Waals surface area contributed by atoms with Crippen LogP contribution in [-0.4, -0.2) is 0 Å². The molecule has 0 aromatic heterocycles. The molecule has 0 aliphatic carbocycles. The van der Waals surface area contributed by atoms with Gasteiger partial charge in [-0.25, -0.2) is 0 Å². The molecule has 32 heavy (non-hydrogen) atoms. The van der Waals surface area contributed by atoms with Gasteiger partial charge in [-0.1, -0.05) is 201 Å². The molecule has 0 fully saturated rings. The second-order valence-corrected chi connectivity index (χ2v) is 10.9. The van der Waals surface area contributed by atoms with Gasteiger partial charge in [0, 0.05) is 0 Å². The average Bonchev–Trinajstić information content (AvgIpc) is 2.80. The van der Waals surface area contributed by atoms with Crippen molar-refractivity contribution in [2.45, 2.75) is 194 Å². The topological polar surface area (TPSA) is 0 Å². The van der Waals surface area contributed by atoms with Crippen LogP contribution in [0.4, 0.5) is 0 Å². The normalized spacial score (nSPS) is 12.5. The van der Waals surface area contributed by atoms with Crippen molar-refractivity contribution in [1.29, 1.82) is 0 Å². The number of hydrogen-bond donors (Lipinski definition) is 0. The van der Waals surface area contributed by atoms with Crippen LogP contribution >= 0.6 is 0 Å². The summed E-state index contributed by atoms with van der Waals surface area (Å²) in [6.07, 6.45) is 40.7. The van der Waals surface area contributed by atoms with E-state index in [2.05, 4.69) is 20.8 Å². The largest absolute Gasteiger partial charge is 0.0654 e. The lowest BCUT2D eigenvalue weighted by Gasteiger charge is -2.09. The van der Waals surface area contributed by atoms with E-state index in [9.17, 15) is 0 Å². The van der Waals surface area contributed by atoms with Gasteiger partial charge in [0.15, 0.2) is 0 Å². The van der Waals surface area contributed by atoms with Crippen LogP contribution in [0.1, 0.15) is 194 Å². The van der Waals surface area contributed by atoms with Crippen molar-refractivity contribution in [2.75, 3.05) is 0 Å². The highest BCUT2D eigenvalue weighted by Crippen LogP contribution is 2.18. The SMILES string of the molecule is [CH2]C(CCCC)CCCCCCCCCCCCCCCCCCCCCCCCCC. The molecule has 0 heteroatoms. The fourth-order valence-electron chi connectivity index (χ4n) is 5.03. The Balaban J connectivity index is 3.04. The predicted octanol–water partition coefficient (Wildman–Crippen LogP) is 12.4. The smallest absolute Gasteiger partial charge is 0.0414 e. The van der Waals surface area contributed by atoms with E-state index in [0.717, 1.165) is 5.92 Å². The van der Waals surface area contributed by atoms with E-state index in [1.54, 1.807) is 0 Å². The molecular formula is C32H65. The maximum absolute atomic E-state index is 4.30. The van der Waals surface area contributed by atoms with Crippen LogP contribution in [0.25, 0.3) is 0 Å². The van der Waals surface area contributed by atoms with Crippen molar-refractivity contribution >= 4 is 0 Å². The van der Waals surface area contributed by atoms with Gasteiger partial charge in [0.05, 0.1) is 0 Å². The zero-order valence-corrected chi connectivity index (χ0v) is 23.1. The van der Waals surface area contributed by atoms with Crippen molar-refractivity contribution in [2.24, 2.45) is 5.92 Å². The molecule has 0 rings (SSSR count). The van der Waals surface area contributed by atoms with Gasteiger partial charge in [-0.05, 0) is 5.92 Å². The van der Waals surface area contributed by atoms with Crippen molar-refractivity contribution in [3.05, 3.63) is 6.92 Å². The van der Waals surface area contributed by atoms with Crippen LogP contribution in [-0.2, 0) is 0 Å². The van der Waals surface area contributed by atoms with Gasteiger partial charge >= 0.3 is 0 Å². The van der Waals surface area contributed by atoms with Crippen molar-refractivity contribution < 1.29 is 0 Å². The fourth-order valence-corrected chi connectivity index (χ4v) is 5.03. The number of unbranched alkanes of at least 4 members (excludes halogenated alkanes) is 24. The van der Waals surface area contributed by atoms with Crippen LogP contribution in [0.15, 0.2) is 0 Å². The molecule has 193 valence electrons. The first-order valence-electron chi connectivity index (χ1n) is 15.6. The Labute approximate surface area is 206 Å². The van der Waals surface area contributed by atoms with Crippen molar-refractivity contribution in [3.8, 4) is 0 Å². The molecule has 0 N–H and O–H groups in total. The maximum atomic E-state index is 4.30. The molecule has 0 spiro atoms. The zero-order valence-electron chi connectivity index (χ0n) is 23.1. The third kappa shape index (κ3) is 28.0. The fraction of sp³-hybridized carbons (Fsp3) is 0.969. The van der Waals surface area contributed by atoms with Crippen molar-refractivity contribution in [1.82, 2.24) is 0 Å². The minimum absolute atomic E-state index is 0.717. The van der Waals surface area contributed by atoms with Gasteiger partial charge in [0.25, 0.3) is 0 Å². The molecule has 0 heterocycles. The van der Waals surface area contributed by atoms with E-state index >= 15 is 0 Å². The summed E-state index contributed by atoms with van der Waals surface area (Å²) in [5.41, 5.74) is 0. The van der Waals surface area contributed by atoms with Crippen molar-refractivity contribution in [3.63, 3.8) is 0 Å². The Morgan fingerprint density at radius 3 is 0.812 bits per heavy atom. The van der Waals surface area contributed by atoms with Gasteiger partial charge in [-0.15, -0.1) is 0 Å². The standard InChI is InChI=1S/C32H65/c1-4-6-8-9-10-11-12-13-14-15-16-17-18-19-20-21-22-23-24-25-26-27-28-29-31-32(3)30-7-5-2/h32H,3-31H2,1-2H3. The molecular weight excluding hydrogens is 384 g/mol. The van der Waals surface area contributed by atoms with E-state index in [1.165, 1.54) is 180 Å². The molecule has 0 aromatic rings. The molecule has 0 aromatic carbocycles. The molecule has 0 aliphatic heterocycles. The Hall–Kier alpha value is 0. The Bertz CT molecular complexity index is 307. The summed E-state index contributed by atoms with van der Waals surface area (Å²) in [6, 6.07) is 0. The van der Waals surface area contributed by atoms with Crippen LogP contribution in [0, 0.1) is 12.8 Å². The third-order valence-electron chi connectivity index (χ3n) is 7.43. The molecule has 1 atom stereocenters. The molecule has 0 saturated heterocycles. The second kappa shape index (κ2) is 29.0. The summed E-state index contributed by atoms with van der Waals surface area (Å²) in [5, 5.41) is 0. The lowest BCUT2D eigenvalue weighted by Crippen LogP contribution is -1.94. The Kier molecular flexibility index (Phi) is 29.0. The van der Waals surface area contributed by atoms with E-state index in [4.69, 9.17) is 0 Å². The summed E-state index contributed by atoms with van der Waals surface area (Å²) in [5.74, 6) is 0.717. The van der Waals surface area contributed by atoms with E-state index in [1.807, 2.05) is 0 Å². The first-order chi connectivity index (χ1) is 15.8. The minimum atomic E-state index is 0.717. The molecule has 0 saturated carbocycles. The van der Waals surface area contributed by atoms with Gasteiger partial charge in [0.1, 0.15) is 0 Å². The van der Waals surface area contributed by atoms with Gasteiger partial charge in [-0.2, -0.15) is 0 Å².